The molecule has 1 aromatic carbocycles. The number of benzene rings is 1. The van der Waals surface area contributed by atoms with Crippen LogP contribution in [0.2, 0.25) is 0 Å². The minimum Gasteiger partial charge on any atom is -0.497 e. The maximum atomic E-state index is 11.3. The van der Waals surface area contributed by atoms with Crippen molar-refractivity contribution in [3.05, 3.63) is 29.8 Å². The van der Waals surface area contributed by atoms with E-state index in [0.29, 0.717) is 0 Å². The number of hydrogen-bond acceptors (Lipinski definition) is 4. The second-order valence-corrected chi connectivity index (χ2v) is 5.41. The van der Waals surface area contributed by atoms with Crippen molar-refractivity contribution in [2.45, 2.75) is 24.3 Å². The molecule has 0 bridgehead atoms. The zero-order chi connectivity index (χ0) is 12.8. The minimum absolute atomic E-state index is 0.166. The van der Waals surface area contributed by atoms with E-state index in [1.54, 1.807) is 18.9 Å². The molecule has 0 spiro atoms. The SMILES string of the molecule is COC(=O)[C@@H](C)S[C@H](C)c1cccc(OC)c1. The van der Waals surface area contributed by atoms with Crippen LogP contribution >= 0.6 is 11.8 Å². The molecule has 1 aromatic rings. The maximum absolute atomic E-state index is 11.3. The van der Waals surface area contributed by atoms with E-state index < -0.39 is 0 Å². The lowest BCUT2D eigenvalue weighted by Crippen LogP contribution is -2.15. The van der Waals surface area contributed by atoms with Crippen molar-refractivity contribution in [2.24, 2.45) is 0 Å². The Morgan fingerprint density at radius 1 is 1.29 bits per heavy atom. The Balaban J connectivity index is 2.68. The third-order valence-corrected chi connectivity index (χ3v) is 3.79. The van der Waals surface area contributed by atoms with E-state index in [-0.39, 0.29) is 16.5 Å². The highest BCUT2D eigenvalue weighted by atomic mass is 32.2. The molecule has 0 radical (unpaired) electrons. The van der Waals surface area contributed by atoms with Gasteiger partial charge in [-0.1, -0.05) is 12.1 Å². The van der Waals surface area contributed by atoms with E-state index in [9.17, 15) is 4.79 Å². The Labute approximate surface area is 106 Å². The lowest BCUT2D eigenvalue weighted by Gasteiger charge is -2.16. The summed E-state index contributed by atoms with van der Waals surface area (Å²) in [6.45, 7) is 3.92. The van der Waals surface area contributed by atoms with Crippen molar-refractivity contribution in [1.82, 2.24) is 0 Å². The molecule has 94 valence electrons. The van der Waals surface area contributed by atoms with Crippen molar-refractivity contribution in [2.75, 3.05) is 14.2 Å². The first kappa shape index (κ1) is 13.9. The highest BCUT2D eigenvalue weighted by Gasteiger charge is 2.18. The summed E-state index contributed by atoms with van der Waals surface area (Å²) in [7, 11) is 3.06. The molecule has 0 aromatic heterocycles. The molecule has 0 unspecified atom stereocenters. The Kier molecular flexibility index (Phi) is 5.35. The van der Waals surface area contributed by atoms with Crippen LogP contribution < -0.4 is 4.74 Å². The number of ether oxygens (including phenoxy) is 2. The molecule has 0 heterocycles. The van der Waals surface area contributed by atoms with Crippen LogP contribution in [-0.2, 0) is 9.53 Å². The second kappa shape index (κ2) is 6.55. The molecule has 4 heteroatoms. The molecule has 0 fully saturated rings. The first-order valence-corrected chi connectivity index (χ1v) is 6.40. The lowest BCUT2D eigenvalue weighted by molar-refractivity contribution is -0.139. The molecule has 3 nitrogen and oxygen atoms in total. The van der Waals surface area contributed by atoms with Crippen molar-refractivity contribution >= 4 is 17.7 Å². The predicted octanol–water partition coefficient (Wildman–Crippen LogP) is 3.05. The average molecular weight is 254 g/mol. The van der Waals surface area contributed by atoms with Crippen LogP contribution in [0.3, 0.4) is 0 Å². The highest BCUT2D eigenvalue weighted by Crippen LogP contribution is 2.33. The summed E-state index contributed by atoms with van der Waals surface area (Å²) >= 11 is 1.57. The second-order valence-electron chi connectivity index (χ2n) is 3.72. The highest BCUT2D eigenvalue weighted by molar-refractivity contribution is 8.00. The largest absolute Gasteiger partial charge is 0.497 e. The van der Waals surface area contributed by atoms with Gasteiger partial charge in [-0.05, 0) is 31.5 Å². The summed E-state index contributed by atoms with van der Waals surface area (Å²) < 4.78 is 9.89. The van der Waals surface area contributed by atoms with E-state index in [1.807, 2.05) is 31.2 Å². The van der Waals surface area contributed by atoms with Gasteiger partial charge >= 0.3 is 5.97 Å². The first-order chi connectivity index (χ1) is 8.08. The third kappa shape index (κ3) is 3.97. The Morgan fingerprint density at radius 3 is 2.59 bits per heavy atom. The van der Waals surface area contributed by atoms with Crippen molar-refractivity contribution < 1.29 is 14.3 Å². The number of rotatable bonds is 5. The molecule has 2 atom stereocenters. The van der Waals surface area contributed by atoms with Gasteiger partial charge < -0.3 is 9.47 Å². The van der Waals surface area contributed by atoms with Gasteiger partial charge in [0.05, 0.1) is 14.2 Å². The minimum atomic E-state index is -0.190. The molecule has 17 heavy (non-hydrogen) atoms. The fourth-order valence-corrected chi connectivity index (χ4v) is 2.62. The molecular formula is C13H18O3S. The average Bonchev–Trinajstić information content (AvgIpc) is 2.37. The molecule has 0 aliphatic heterocycles. The molecule has 0 amide bonds. The third-order valence-electron chi connectivity index (χ3n) is 2.50. The van der Waals surface area contributed by atoms with E-state index in [0.717, 1.165) is 11.3 Å². The normalized spacial score (nSPS) is 13.9. The number of carbonyl (C=O) groups excluding carboxylic acids is 1. The zero-order valence-electron chi connectivity index (χ0n) is 10.6. The predicted molar refractivity (Wildman–Crippen MR) is 70.5 cm³/mol. The summed E-state index contributed by atoms with van der Waals surface area (Å²) in [4.78, 5) is 11.3. The van der Waals surface area contributed by atoms with Crippen LogP contribution in [0.15, 0.2) is 24.3 Å². The van der Waals surface area contributed by atoms with E-state index in [1.165, 1.54) is 7.11 Å². The smallest absolute Gasteiger partial charge is 0.318 e. The fourth-order valence-electron chi connectivity index (χ4n) is 1.50. The van der Waals surface area contributed by atoms with Crippen molar-refractivity contribution in [3.8, 4) is 5.75 Å². The molecule has 1 rings (SSSR count). The molecule has 0 N–H and O–H groups in total. The molecule has 0 aliphatic carbocycles. The molecule has 0 aliphatic rings. The maximum Gasteiger partial charge on any atom is 0.318 e. The van der Waals surface area contributed by atoms with Gasteiger partial charge in [0.15, 0.2) is 0 Å². The van der Waals surface area contributed by atoms with Gasteiger partial charge in [0.1, 0.15) is 11.0 Å². The Morgan fingerprint density at radius 2 is 2.00 bits per heavy atom. The number of esters is 1. The Hall–Kier alpha value is -1.16. The Bertz CT molecular complexity index is 379. The van der Waals surface area contributed by atoms with Gasteiger partial charge in [-0.15, -0.1) is 11.8 Å². The number of carbonyl (C=O) groups is 1. The van der Waals surface area contributed by atoms with Crippen LogP contribution in [0, 0.1) is 0 Å². The molecule has 0 saturated carbocycles. The first-order valence-electron chi connectivity index (χ1n) is 5.45. The number of thioether (sulfide) groups is 1. The summed E-state index contributed by atoms with van der Waals surface area (Å²) in [6, 6.07) is 7.88. The van der Waals surface area contributed by atoms with Gasteiger partial charge in [0, 0.05) is 5.25 Å². The zero-order valence-corrected chi connectivity index (χ0v) is 11.4. The summed E-state index contributed by atoms with van der Waals surface area (Å²) in [6.07, 6.45) is 0. The van der Waals surface area contributed by atoms with Crippen LogP contribution in [0.1, 0.15) is 24.7 Å². The van der Waals surface area contributed by atoms with Gasteiger partial charge in [-0.25, -0.2) is 0 Å². The van der Waals surface area contributed by atoms with Crippen molar-refractivity contribution in [3.63, 3.8) is 0 Å². The lowest BCUT2D eigenvalue weighted by atomic mass is 10.1. The number of methoxy groups -OCH3 is 2. The summed E-state index contributed by atoms with van der Waals surface area (Å²) in [5.74, 6) is 0.644. The van der Waals surface area contributed by atoms with E-state index >= 15 is 0 Å². The van der Waals surface area contributed by atoms with Crippen LogP contribution in [0.25, 0.3) is 0 Å². The van der Waals surface area contributed by atoms with Crippen LogP contribution in [0.5, 0.6) is 5.75 Å². The topological polar surface area (TPSA) is 35.5 Å². The van der Waals surface area contributed by atoms with Gasteiger partial charge in [0.2, 0.25) is 0 Å². The van der Waals surface area contributed by atoms with Gasteiger partial charge in [0.25, 0.3) is 0 Å². The van der Waals surface area contributed by atoms with Gasteiger partial charge in [-0.2, -0.15) is 0 Å². The van der Waals surface area contributed by atoms with Gasteiger partial charge in [-0.3, -0.25) is 4.79 Å². The monoisotopic (exact) mass is 254 g/mol. The molecular weight excluding hydrogens is 236 g/mol. The van der Waals surface area contributed by atoms with Crippen molar-refractivity contribution in [1.29, 1.82) is 0 Å². The van der Waals surface area contributed by atoms with Crippen LogP contribution in [-0.4, -0.2) is 25.4 Å². The fraction of sp³-hybridized carbons (Fsp3) is 0.462. The van der Waals surface area contributed by atoms with Crippen LogP contribution in [0.4, 0.5) is 0 Å². The van der Waals surface area contributed by atoms with E-state index in [2.05, 4.69) is 6.92 Å². The number of hydrogen-bond donors (Lipinski definition) is 0. The van der Waals surface area contributed by atoms with E-state index in [4.69, 9.17) is 9.47 Å². The molecule has 0 saturated heterocycles. The standard InChI is InChI=1S/C13H18O3S/c1-9(17-10(2)13(14)16-4)11-6-5-7-12(8-11)15-3/h5-10H,1-4H3/t9-,10-/m1/s1. The summed E-state index contributed by atoms with van der Waals surface area (Å²) in [5, 5.41) is 0.0559. The summed E-state index contributed by atoms with van der Waals surface area (Å²) in [5.41, 5.74) is 1.14. The quantitative estimate of drug-likeness (QED) is 0.757.